The van der Waals surface area contributed by atoms with Crippen LogP contribution >= 0.6 is 23.2 Å². The van der Waals surface area contributed by atoms with E-state index in [0.29, 0.717) is 41.7 Å². The summed E-state index contributed by atoms with van der Waals surface area (Å²) < 4.78 is 5.38. The van der Waals surface area contributed by atoms with Crippen molar-refractivity contribution in [3.63, 3.8) is 0 Å². The number of hydrogen-bond donors (Lipinski definition) is 1. The average Bonchev–Trinajstić information content (AvgIpc) is 2.78. The van der Waals surface area contributed by atoms with Crippen LogP contribution in [0.3, 0.4) is 0 Å². The lowest BCUT2D eigenvalue weighted by Crippen LogP contribution is -2.66. The van der Waals surface area contributed by atoms with Crippen molar-refractivity contribution in [3.05, 3.63) is 63.6 Å². The lowest BCUT2D eigenvalue weighted by molar-refractivity contribution is -0.127. The third-order valence-electron chi connectivity index (χ3n) is 8.05. The molecule has 1 amide bonds. The maximum Gasteiger partial charge on any atom is 0.255 e. The normalized spacial score (nSPS) is 28.3. The van der Waals surface area contributed by atoms with Crippen molar-refractivity contribution in [1.29, 1.82) is 0 Å². The Labute approximate surface area is 210 Å². The zero-order valence-corrected chi connectivity index (χ0v) is 20.6. The van der Waals surface area contributed by atoms with E-state index >= 15 is 0 Å². The van der Waals surface area contributed by atoms with Crippen LogP contribution in [0.4, 0.5) is 5.69 Å². The van der Waals surface area contributed by atoms with Gasteiger partial charge in [-0.3, -0.25) is 9.69 Å². The standard InChI is InChI=1S/C26H29Cl2N3O3/c27-19-6-4-18(5-7-19)26(33)9-8-20-12-29(10-11-30(20)15-26)24(32)21-2-1-3-22(23(21)28)31-13-25(14-31)16-34-17-25/h1-7,20,33H,8-17H2. The van der Waals surface area contributed by atoms with E-state index in [0.717, 1.165) is 50.5 Å². The summed E-state index contributed by atoms with van der Waals surface area (Å²) in [4.78, 5) is 20.0. The smallest absolute Gasteiger partial charge is 0.255 e. The summed E-state index contributed by atoms with van der Waals surface area (Å²) in [5.74, 6) is -0.00718. The van der Waals surface area contributed by atoms with Crippen molar-refractivity contribution >= 4 is 34.8 Å². The Morgan fingerprint density at radius 3 is 2.50 bits per heavy atom. The molecular formula is C26H29Cl2N3O3. The van der Waals surface area contributed by atoms with Crippen LogP contribution < -0.4 is 4.90 Å². The van der Waals surface area contributed by atoms with Crippen molar-refractivity contribution in [3.8, 4) is 0 Å². The summed E-state index contributed by atoms with van der Waals surface area (Å²) >= 11 is 12.8. The highest BCUT2D eigenvalue weighted by atomic mass is 35.5. The number of hydrogen-bond acceptors (Lipinski definition) is 5. The van der Waals surface area contributed by atoms with Crippen LogP contribution in [0.2, 0.25) is 10.0 Å². The second-order valence-corrected chi connectivity index (χ2v) is 11.3. The predicted molar refractivity (Wildman–Crippen MR) is 133 cm³/mol. The van der Waals surface area contributed by atoms with Gasteiger partial charge in [-0.2, -0.15) is 0 Å². The van der Waals surface area contributed by atoms with Crippen LogP contribution in [0.5, 0.6) is 0 Å². The number of rotatable bonds is 3. The van der Waals surface area contributed by atoms with Crippen LogP contribution in [0.15, 0.2) is 42.5 Å². The molecule has 6 rings (SSSR count). The van der Waals surface area contributed by atoms with Crippen LogP contribution in [-0.2, 0) is 10.3 Å². The van der Waals surface area contributed by atoms with Crippen molar-refractivity contribution in [1.82, 2.24) is 9.80 Å². The highest BCUT2D eigenvalue weighted by Crippen LogP contribution is 2.43. The molecule has 2 aromatic rings. The highest BCUT2D eigenvalue weighted by molar-refractivity contribution is 6.36. The fraction of sp³-hybridized carbons (Fsp3) is 0.500. The molecule has 1 spiro atoms. The number of fused-ring (bicyclic) bond motifs is 1. The molecule has 4 saturated heterocycles. The summed E-state index contributed by atoms with van der Waals surface area (Å²) in [7, 11) is 0. The molecule has 4 fully saturated rings. The number of halogens is 2. The molecule has 0 saturated carbocycles. The summed E-state index contributed by atoms with van der Waals surface area (Å²) in [5.41, 5.74) is 1.82. The van der Waals surface area contributed by atoms with E-state index in [9.17, 15) is 9.90 Å². The lowest BCUT2D eigenvalue weighted by Gasteiger charge is -2.56. The molecule has 4 heterocycles. The number of benzene rings is 2. The molecular weight excluding hydrogens is 473 g/mol. The first-order chi connectivity index (χ1) is 16.4. The van der Waals surface area contributed by atoms with Gasteiger partial charge in [0, 0.05) is 50.3 Å². The Balaban J connectivity index is 1.13. The first-order valence-corrected chi connectivity index (χ1v) is 12.7. The van der Waals surface area contributed by atoms with Crippen molar-refractivity contribution < 1.29 is 14.6 Å². The first kappa shape index (κ1) is 22.6. The van der Waals surface area contributed by atoms with E-state index < -0.39 is 5.60 Å². The minimum atomic E-state index is -0.884. The quantitative estimate of drug-likeness (QED) is 0.695. The van der Waals surface area contributed by atoms with Gasteiger partial charge in [-0.05, 0) is 42.7 Å². The molecule has 0 bridgehead atoms. The van der Waals surface area contributed by atoms with Gasteiger partial charge in [-0.1, -0.05) is 41.4 Å². The largest absolute Gasteiger partial charge is 0.384 e. The van der Waals surface area contributed by atoms with Gasteiger partial charge in [0.1, 0.15) is 5.60 Å². The zero-order chi connectivity index (χ0) is 23.5. The number of piperidine rings is 1. The third kappa shape index (κ3) is 3.80. The Morgan fingerprint density at radius 2 is 1.79 bits per heavy atom. The third-order valence-corrected chi connectivity index (χ3v) is 8.70. The second-order valence-electron chi connectivity index (χ2n) is 10.4. The van der Waals surface area contributed by atoms with Gasteiger partial charge in [-0.25, -0.2) is 0 Å². The molecule has 34 heavy (non-hydrogen) atoms. The molecule has 0 aromatic heterocycles. The van der Waals surface area contributed by atoms with Crippen molar-refractivity contribution in [2.45, 2.75) is 24.5 Å². The van der Waals surface area contributed by atoms with Crippen molar-refractivity contribution in [2.24, 2.45) is 5.41 Å². The molecule has 1 N–H and O–H groups in total. The first-order valence-electron chi connectivity index (χ1n) is 12.0. The summed E-state index contributed by atoms with van der Waals surface area (Å²) in [6.45, 7) is 6.08. The zero-order valence-electron chi connectivity index (χ0n) is 19.1. The van der Waals surface area contributed by atoms with E-state index in [1.165, 1.54) is 0 Å². The number of nitrogens with zero attached hydrogens (tertiary/aromatic N) is 3. The summed E-state index contributed by atoms with van der Waals surface area (Å²) in [6.07, 6.45) is 1.49. The molecule has 6 nitrogen and oxygen atoms in total. The lowest BCUT2D eigenvalue weighted by atomic mass is 9.77. The van der Waals surface area contributed by atoms with E-state index in [2.05, 4.69) is 9.80 Å². The van der Waals surface area contributed by atoms with Gasteiger partial charge in [0.25, 0.3) is 5.91 Å². The molecule has 2 atom stereocenters. The molecule has 2 aromatic carbocycles. The van der Waals surface area contributed by atoms with Crippen molar-refractivity contribution in [2.75, 3.05) is 57.4 Å². The van der Waals surface area contributed by atoms with Gasteiger partial charge in [0.15, 0.2) is 0 Å². The Kier molecular flexibility index (Phi) is 5.58. The molecule has 4 aliphatic rings. The SMILES string of the molecule is O=C(c1cccc(N2CC3(COC3)C2)c1Cl)N1CCN2CC(O)(c3ccc(Cl)cc3)CCC2C1. The number of anilines is 1. The number of carbonyl (C=O) groups is 1. The molecule has 4 aliphatic heterocycles. The second kappa shape index (κ2) is 8.38. The molecule has 0 aliphatic carbocycles. The van der Waals surface area contributed by atoms with Gasteiger partial charge < -0.3 is 19.6 Å². The van der Waals surface area contributed by atoms with E-state index in [-0.39, 0.29) is 17.4 Å². The molecule has 8 heteroatoms. The number of amides is 1. The minimum Gasteiger partial charge on any atom is -0.384 e. The molecule has 180 valence electrons. The van der Waals surface area contributed by atoms with E-state index in [1.807, 2.05) is 47.4 Å². The van der Waals surface area contributed by atoms with Crippen LogP contribution in [0, 0.1) is 5.41 Å². The predicted octanol–water partition coefficient (Wildman–Crippen LogP) is 3.64. The van der Waals surface area contributed by atoms with Crippen LogP contribution in [-0.4, -0.2) is 79.3 Å². The average molecular weight is 502 g/mol. The fourth-order valence-corrected chi connectivity index (χ4v) is 6.43. The van der Waals surface area contributed by atoms with Gasteiger partial charge in [-0.15, -0.1) is 0 Å². The monoisotopic (exact) mass is 501 g/mol. The van der Waals surface area contributed by atoms with Gasteiger partial charge >= 0.3 is 0 Å². The minimum absolute atomic E-state index is 0.00718. The van der Waals surface area contributed by atoms with Gasteiger partial charge in [0.05, 0.1) is 34.9 Å². The number of carbonyl (C=O) groups excluding carboxylic acids is 1. The highest BCUT2D eigenvalue weighted by Gasteiger charge is 2.49. The van der Waals surface area contributed by atoms with Crippen LogP contribution in [0.1, 0.15) is 28.8 Å². The Hall–Kier alpha value is -1.83. The molecule has 2 unspecified atom stereocenters. The fourth-order valence-electron chi connectivity index (χ4n) is 5.98. The Bertz CT molecular complexity index is 1100. The number of piperazine rings is 1. The number of aliphatic hydroxyl groups is 1. The molecule has 0 radical (unpaired) electrons. The number of ether oxygens (including phenoxy) is 1. The maximum absolute atomic E-state index is 13.5. The van der Waals surface area contributed by atoms with E-state index in [4.69, 9.17) is 27.9 Å². The maximum atomic E-state index is 13.5. The summed E-state index contributed by atoms with van der Waals surface area (Å²) in [5, 5.41) is 12.6. The van der Waals surface area contributed by atoms with Crippen LogP contribution in [0.25, 0.3) is 0 Å². The topological polar surface area (TPSA) is 56.2 Å². The van der Waals surface area contributed by atoms with E-state index in [1.54, 1.807) is 0 Å². The Morgan fingerprint density at radius 1 is 1.03 bits per heavy atom. The van der Waals surface area contributed by atoms with Gasteiger partial charge in [0.2, 0.25) is 0 Å². The summed E-state index contributed by atoms with van der Waals surface area (Å²) in [6, 6.07) is 13.5.